The third kappa shape index (κ3) is 2.88. The summed E-state index contributed by atoms with van der Waals surface area (Å²) in [5.74, 6) is 7.68. The molecule has 6 rings (SSSR count). The van der Waals surface area contributed by atoms with Gasteiger partial charge in [-0.05, 0) is 92.3 Å². The van der Waals surface area contributed by atoms with Crippen LogP contribution in [-0.2, 0) is 0 Å². The van der Waals surface area contributed by atoms with Crippen molar-refractivity contribution < 1.29 is 0 Å². The molecule has 0 aliphatic heterocycles. The van der Waals surface area contributed by atoms with E-state index in [-0.39, 0.29) is 0 Å². The Morgan fingerprint density at radius 3 is 1.79 bits per heavy atom. The van der Waals surface area contributed by atoms with Crippen LogP contribution in [0.5, 0.6) is 0 Å². The monoisotopic (exact) mass is 327 g/mol. The second-order valence-electron chi connectivity index (χ2n) is 10.7. The maximum Gasteiger partial charge on any atom is -0.0145 e. The Balaban J connectivity index is 1.43. The topological polar surface area (TPSA) is 0 Å². The van der Waals surface area contributed by atoms with Crippen LogP contribution < -0.4 is 0 Å². The Morgan fingerprint density at radius 1 is 0.583 bits per heavy atom. The second-order valence-corrected chi connectivity index (χ2v) is 10.7. The Bertz CT molecular complexity index is 394. The third-order valence-electron chi connectivity index (χ3n) is 9.10. The van der Waals surface area contributed by atoms with Gasteiger partial charge >= 0.3 is 0 Å². The van der Waals surface area contributed by atoms with Crippen molar-refractivity contribution in [2.45, 2.75) is 109 Å². The van der Waals surface area contributed by atoms with Crippen LogP contribution in [0, 0.1) is 40.9 Å². The first kappa shape index (κ1) is 16.2. The maximum absolute atomic E-state index is 2.17. The number of hydrogen-bond donors (Lipinski definition) is 0. The van der Waals surface area contributed by atoms with Crippen LogP contribution in [0.2, 0.25) is 0 Å². The van der Waals surface area contributed by atoms with Gasteiger partial charge in [0, 0.05) is 0 Å². The molecule has 0 heteroatoms. The summed E-state index contributed by atoms with van der Waals surface area (Å²) in [6, 6.07) is 0. The van der Waals surface area contributed by atoms with Gasteiger partial charge in [-0.15, -0.1) is 0 Å². The molecule has 135 valence electrons. The van der Waals surface area contributed by atoms with Crippen molar-refractivity contribution in [3.63, 3.8) is 0 Å². The van der Waals surface area contributed by atoms with Gasteiger partial charge in [0.15, 0.2) is 0 Å². The maximum atomic E-state index is 2.17. The predicted octanol–water partition coefficient (Wildman–Crippen LogP) is 7.33. The highest BCUT2D eigenvalue weighted by Crippen LogP contribution is 2.66. The van der Waals surface area contributed by atoms with Gasteiger partial charge in [-0.1, -0.05) is 57.8 Å². The SMILES string of the molecule is C1CCCC(C2CCCCC2)[C](C23CC4CC(CC(C4)C2)C3)CC1. The third-order valence-corrected chi connectivity index (χ3v) is 9.10. The highest BCUT2D eigenvalue weighted by Gasteiger charge is 2.56. The lowest BCUT2D eigenvalue weighted by Crippen LogP contribution is -2.51. The summed E-state index contributed by atoms with van der Waals surface area (Å²) in [6.07, 6.45) is 26.7. The van der Waals surface area contributed by atoms with Gasteiger partial charge in [-0.25, -0.2) is 0 Å². The average molecular weight is 328 g/mol. The Kier molecular flexibility index (Phi) is 4.47. The molecule has 0 aromatic rings. The number of hydrogen-bond acceptors (Lipinski definition) is 0. The van der Waals surface area contributed by atoms with Gasteiger partial charge in [0.2, 0.25) is 0 Å². The molecule has 1 radical (unpaired) electrons. The molecule has 1 atom stereocenters. The van der Waals surface area contributed by atoms with Crippen LogP contribution in [0.4, 0.5) is 0 Å². The van der Waals surface area contributed by atoms with Crippen molar-refractivity contribution in [3.8, 4) is 0 Å². The lowest BCUT2D eigenvalue weighted by atomic mass is 9.43. The summed E-state index contributed by atoms with van der Waals surface area (Å²) in [4.78, 5) is 0. The molecular weight excluding hydrogens is 288 g/mol. The zero-order valence-corrected chi connectivity index (χ0v) is 15.9. The molecule has 1 unspecified atom stereocenters. The van der Waals surface area contributed by atoms with Crippen molar-refractivity contribution in [3.05, 3.63) is 5.92 Å². The molecule has 0 heterocycles. The van der Waals surface area contributed by atoms with Gasteiger partial charge in [-0.2, -0.15) is 0 Å². The molecule has 0 aromatic carbocycles. The molecule has 6 aliphatic carbocycles. The van der Waals surface area contributed by atoms with E-state index in [0.29, 0.717) is 0 Å². The van der Waals surface area contributed by atoms with Gasteiger partial charge < -0.3 is 0 Å². The molecule has 24 heavy (non-hydrogen) atoms. The Morgan fingerprint density at radius 2 is 1.12 bits per heavy atom. The molecule has 0 nitrogen and oxygen atoms in total. The highest BCUT2D eigenvalue weighted by molar-refractivity contribution is 5.18. The van der Waals surface area contributed by atoms with E-state index in [9.17, 15) is 0 Å². The quantitative estimate of drug-likeness (QED) is 0.498. The number of rotatable bonds is 2. The zero-order valence-electron chi connectivity index (χ0n) is 15.9. The molecule has 0 N–H and O–H groups in total. The Labute approximate surface area is 150 Å². The largest absolute Gasteiger partial charge is 0.0533 e. The molecule has 0 aromatic heterocycles. The fraction of sp³-hybridized carbons (Fsp3) is 0.958. The van der Waals surface area contributed by atoms with Crippen molar-refractivity contribution >= 4 is 0 Å². The van der Waals surface area contributed by atoms with Crippen molar-refractivity contribution in [1.29, 1.82) is 0 Å². The summed E-state index contributed by atoms with van der Waals surface area (Å²) in [5, 5.41) is 0. The summed E-state index contributed by atoms with van der Waals surface area (Å²) in [6.45, 7) is 0. The standard InChI is InChI=1S/C24H39/c1-2-7-11-23(22(10-6-1)21-8-4-3-5-9-21)24-15-18-12-19(16-24)14-20(13-18)17-24/h18-22H,1-17H2. The van der Waals surface area contributed by atoms with Crippen LogP contribution >= 0.6 is 0 Å². The van der Waals surface area contributed by atoms with Gasteiger partial charge in [0.05, 0.1) is 0 Å². The van der Waals surface area contributed by atoms with E-state index in [1.165, 1.54) is 51.4 Å². The first-order chi connectivity index (χ1) is 11.8. The second kappa shape index (κ2) is 6.62. The van der Waals surface area contributed by atoms with Gasteiger partial charge in [0.25, 0.3) is 0 Å². The van der Waals surface area contributed by atoms with E-state index in [1.807, 2.05) is 0 Å². The fourth-order valence-corrected chi connectivity index (χ4v) is 8.61. The van der Waals surface area contributed by atoms with Crippen molar-refractivity contribution in [2.24, 2.45) is 35.0 Å². The van der Waals surface area contributed by atoms with E-state index >= 15 is 0 Å². The predicted molar refractivity (Wildman–Crippen MR) is 102 cm³/mol. The summed E-state index contributed by atoms with van der Waals surface area (Å²) in [5.41, 5.74) is 0.744. The van der Waals surface area contributed by atoms with Crippen molar-refractivity contribution in [2.75, 3.05) is 0 Å². The van der Waals surface area contributed by atoms with Crippen LogP contribution in [0.15, 0.2) is 0 Å². The van der Waals surface area contributed by atoms with E-state index < -0.39 is 0 Å². The fourth-order valence-electron chi connectivity index (χ4n) is 8.61. The smallest absolute Gasteiger partial charge is 0.0145 e. The lowest BCUT2D eigenvalue weighted by molar-refractivity contribution is -0.0591. The van der Waals surface area contributed by atoms with E-state index in [1.54, 1.807) is 57.8 Å². The highest BCUT2D eigenvalue weighted by atomic mass is 14.6. The first-order valence-electron chi connectivity index (χ1n) is 11.7. The molecule has 0 saturated heterocycles. The lowest BCUT2D eigenvalue weighted by Gasteiger charge is -2.61. The van der Waals surface area contributed by atoms with Gasteiger partial charge in [-0.3, -0.25) is 0 Å². The van der Waals surface area contributed by atoms with E-state index in [2.05, 4.69) is 5.92 Å². The average Bonchev–Trinajstić information content (AvgIpc) is 2.54. The summed E-state index contributed by atoms with van der Waals surface area (Å²) >= 11 is 0. The molecular formula is C24H39. The minimum Gasteiger partial charge on any atom is -0.0533 e. The first-order valence-corrected chi connectivity index (χ1v) is 11.7. The summed E-state index contributed by atoms with van der Waals surface area (Å²) < 4.78 is 0. The van der Waals surface area contributed by atoms with Crippen LogP contribution in [-0.4, -0.2) is 0 Å². The van der Waals surface area contributed by atoms with Crippen LogP contribution in [0.25, 0.3) is 0 Å². The molecule has 6 fully saturated rings. The zero-order chi connectivity index (χ0) is 16.0. The normalized spacial score (nSPS) is 47.5. The van der Waals surface area contributed by atoms with Crippen LogP contribution in [0.1, 0.15) is 109 Å². The summed E-state index contributed by atoms with van der Waals surface area (Å²) in [7, 11) is 0. The van der Waals surface area contributed by atoms with E-state index in [4.69, 9.17) is 0 Å². The molecule has 0 spiro atoms. The van der Waals surface area contributed by atoms with Crippen molar-refractivity contribution in [1.82, 2.24) is 0 Å². The molecule has 4 bridgehead atoms. The minimum absolute atomic E-state index is 0.744. The molecule has 6 saturated carbocycles. The minimum atomic E-state index is 0.744. The van der Waals surface area contributed by atoms with Crippen LogP contribution in [0.3, 0.4) is 0 Å². The Hall–Kier alpha value is 0. The van der Waals surface area contributed by atoms with E-state index in [0.717, 1.165) is 35.0 Å². The van der Waals surface area contributed by atoms with Gasteiger partial charge in [0.1, 0.15) is 0 Å². The molecule has 6 aliphatic rings. The molecule has 0 amide bonds.